The maximum atomic E-state index is 11.9. The van der Waals surface area contributed by atoms with Gasteiger partial charge in [0.05, 0.1) is 20.1 Å². The lowest BCUT2D eigenvalue weighted by atomic mass is 9.91. The zero-order valence-electron chi connectivity index (χ0n) is 14.2. The highest BCUT2D eigenvalue weighted by Gasteiger charge is 2.45. The fraction of sp³-hybridized carbons (Fsp3) is 0.500. The van der Waals surface area contributed by atoms with Crippen LogP contribution in [0.25, 0.3) is 0 Å². The Bertz CT molecular complexity index is 508. The highest BCUT2D eigenvalue weighted by atomic mass is 28.3. The summed E-state index contributed by atoms with van der Waals surface area (Å²) in [7, 11) is -2.06. The van der Waals surface area contributed by atoms with Crippen LogP contribution in [-0.4, -0.2) is 30.4 Å². The molecule has 0 amide bonds. The van der Waals surface area contributed by atoms with Crippen molar-refractivity contribution >= 4 is 19.2 Å². The van der Waals surface area contributed by atoms with Crippen LogP contribution in [0.5, 0.6) is 0 Å². The Morgan fingerprint density at radius 1 is 1.18 bits per heavy atom. The summed E-state index contributed by atoms with van der Waals surface area (Å²) in [5, 5.41) is 21.3. The highest BCUT2D eigenvalue weighted by Crippen LogP contribution is 2.39. The Kier molecular flexibility index (Phi) is 6.57. The van der Waals surface area contributed by atoms with Crippen LogP contribution < -0.4 is 5.19 Å². The number of aliphatic hydroxyl groups excluding tert-OH is 1. The van der Waals surface area contributed by atoms with Gasteiger partial charge in [0, 0.05) is 0 Å². The molecule has 1 aromatic rings. The summed E-state index contributed by atoms with van der Waals surface area (Å²) in [5.41, 5.74) is -0.0569. The van der Waals surface area contributed by atoms with Crippen molar-refractivity contribution < 1.29 is 15.0 Å². The smallest absolute Gasteiger partial charge is 0.309 e. The Balaban J connectivity index is 3.34. The topological polar surface area (TPSA) is 57.5 Å². The molecule has 1 rings (SSSR count). The molecule has 4 heteroatoms. The van der Waals surface area contributed by atoms with Crippen LogP contribution in [0.3, 0.4) is 0 Å². The predicted octanol–water partition coefficient (Wildman–Crippen LogP) is 3.27. The van der Waals surface area contributed by atoms with Crippen molar-refractivity contribution in [2.75, 3.05) is 0 Å². The Hall–Kier alpha value is -1.39. The lowest BCUT2D eigenvalue weighted by Crippen LogP contribution is -2.53. The van der Waals surface area contributed by atoms with Gasteiger partial charge in [-0.3, -0.25) is 4.79 Å². The van der Waals surface area contributed by atoms with E-state index >= 15 is 0 Å². The quantitative estimate of drug-likeness (QED) is 0.599. The number of carboxylic acids is 1. The van der Waals surface area contributed by atoms with Gasteiger partial charge in [0.1, 0.15) is 0 Å². The first kappa shape index (κ1) is 18.7. The van der Waals surface area contributed by atoms with Crippen LogP contribution in [0, 0.1) is 11.8 Å². The number of carboxylic acid groups (broad SMARTS) is 1. The van der Waals surface area contributed by atoms with E-state index < -0.39 is 26.1 Å². The number of hydrogen-bond acceptors (Lipinski definition) is 2. The summed E-state index contributed by atoms with van der Waals surface area (Å²) in [5.74, 6) is -1.51. The summed E-state index contributed by atoms with van der Waals surface area (Å²) >= 11 is 0. The van der Waals surface area contributed by atoms with E-state index in [9.17, 15) is 15.0 Å². The van der Waals surface area contributed by atoms with Crippen molar-refractivity contribution in [3.05, 3.63) is 42.5 Å². The maximum Gasteiger partial charge on any atom is 0.309 e. The molecule has 0 spiro atoms. The van der Waals surface area contributed by atoms with E-state index in [1.165, 1.54) is 5.19 Å². The monoisotopic (exact) mass is 320 g/mol. The number of allylic oxidation sites excluding steroid dienone is 1. The van der Waals surface area contributed by atoms with E-state index in [2.05, 4.69) is 39.1 Å². The van der Waals surface area contributed by atoms with Crippen LogP contribution in [0.4, 0.5) is 0 Å². The third kappa shape index (κ3) is 4.08. The van der Waals surface area contributed by atoms with Crippen LogP contribution >= 0.6 is 0 Å². The molecule has 0 aromatic heterocycles. The largest absolute Gasteiger partial charge is 0.481 e. The molecule has 3 atom stereocenters. The van der Waals surface area contributed by atoms with E-state index in [4.69, 9.17) is 0 Å². The lowest BCUT2D eigenvalue weighted by molar-refractivity contribution is -0.145. The summed E-state index contributed by atoms with van der Waals surface area (Å²) < 4.78 is 0. The molecule has 0 radical (unpaired) electrons. The average Bonchev–Trinajstić information content (AvgIpc) is 2.44. The van der Waals surface area contributed by atoms with Crippen molar-refractivity contribution in [3.63, 3.8) is 0 Å². The van der Waals surface area contributed by atoms with Gasteiger partial charge in [-0.15, -0.1) is 0 Å². The second kappa shape index (κ2) is 7.74. The Morgan fingerprint density at radius 2 is 1.73 bits per heavy atom. The molecule has 0 unspecified atom stereocenters. The average molecular weight is 321 g/mol. The van der Waals surface area contributed by atoms with Crippen LogP contribution in [0.15, 0.2) is 42.5 Å². The van der Waals surface area contributed by atoms with Crippen LogP contribution in [0.1, 0.15) is 20.8 Å². The first-order chi connectivity index (χ1) is 10.2. The maximum absolute atomic E-state index is 11.9. The van der Waals surface area contributed by atoms with Crippen LogP contribution in [0.2, 0.25) is 18.6 Å². The van der Waals surface area contributed by atoms with Gasteiger partial charge in [0.2, 0.25) is 0 Å². The summed E-state index contributed by atoms with van der Waals surface area (Å²) in [6.45, 7) is 10.3. The number of aliphatic hydroxyl groups is 1. The first-order valence-corrected chi connectivity index (χ1v) is 10.9. The van der Waals surface area contributed by atoms with Crippen LogP contribution in [-0.2, 0) is 4.79 Å². The second-order valence-corrected chi connectivity index (χ2v) is 11.4. The molecule has 0 saturated heterocycles. The van der Waals surface area contributed by atoms with E-state index in [-0.39, 0.29) is 11.5 Å². The lowest BCUT2D eigenvalue weighted by Gasteiger charge is -2.40. The third-order valence-corrected chi connectivity index (χ3v) is 9.01. The van der Waals surface area contributed by atoms with Crippen molar-refractivity contribution in [3.8, 4) is 0 Å². The first-order valence-electron chi connectivity index (χ1n) is 7.82. The third-order valence-electron chi connectivity index (χ3n) is 4.50. The highest BCUT2D eigenvalue weighted by molar-refractivity contribution is 6.91. The standard InChI is InChI=1S/C18H28O3Si/c1-6-10-15(19)16(18(20)21)17(13(2)3)22(4,5)14-11-8-7-9-12-14/h6-13,15-17,19H,1-5H3,(H,20,21)/b10-6+/t15-,16-,17+/m0/s1. The fourth-order valence-electron chi connectivity index (χ4n) is 3.59. The van der Waals surface area contributed by atoms with Gasteiger partial charge in [-0.25, -0.2) is 0 Å². The number of hydrogen-bond donors (Lipinski definition) is 2. The van der Waals surface area contributed by atoms with Crippen molar-refractivity contribution in [2.45, 2.75) is 45.5 Å². The minimum atomic E-state index is -2.06. The normalized spacial score (nSPS) is 16.7. The van der Waals surface area contributed by atoms with Crippen molar-refractivity contribution in [2.24, 2.45) is 11.8 Å². The number of rotatable bonds is 7. The molecule has 0 aliphatic heterocycles. The molecule has 1 aromatic carbocycles. The molecule has 0 saturated carbocycles. The van der Waals surface area contributed by atoms with E-state index in [1.807, 2.05) is 18.2 Å². The molecule has 0 aliphatic rings. The van der Waals surface area contributed by atoms with Gasteiger partial charge >= 0.3 is 5.97 Å². The fourth-order valence-corrected chi connectivity index (χ4v) is 7.93. The van der Waals surface area contributed by atoms with Crippen molar-refractivity contribution in [1.82, 2.24) is 0 Å². The molecular formula is C18H28O3Si. The minimum absolute atomic E-state index is 0.0569. The van der Waals surface area contributed by atoms with Gasteiger partial charge in [-0.05, 0) is 18.4 Å². The number of benzene rings is 1. The molecule has 22 heavy (non-hydrogen) atoms. The second-order valence-electron chi connectivity index (χ2n) is 6.74. The molecule has 0 heterocycles. The van der Waals surface area contributed by atoms with E-state index in [0.29, 0.717) is 0 Å². The molecule has 122 valence electrons. The van der Waals surface area contributed by atoms with Gasteiger partial charge in [-0.2, -0.15) is 0 Å². The summed E-state index contributed by atoms with van der Waals surface area (Å²) in [4.78, 5) is 11.9. The van der Waals surface area contributed by atoms with Gasteiger partial charge < -0.3 is 10.2 Å². The summed E-state index contributed by atoms with van der Waals surface area (Å²) in [6, 6.07) is 10.1. The Morgan fingerprint density at radius 3 is 2.14 bits per heavy atom. The molecule has 0 fully saturated rings. The van der Waals surface area contributed by atoms with E-state index in [1.54, 1.807) is 19.1 Å². The predicted molar refractivity (Wildman–Crippen MR) is 94.1 cm³/mol. The zero-order chi connectivity index (χ0) is 16.9. The number of carbonyl (C=O) groups is 1. The molecule has 3 nitrogen and oxygen atoms in total. The molecule has 2 N–H and O–H groups in total. The SMILES string of the molecule is C/C=C/[C@H](O)[C@H](C(=O)O)[C@@H](C(C)C)[Si](C)(C)c1ccccc1. The van der Waals surface area contributed by atoms with Gasteiger partial charge in [0.15, 0.2) is 0 Å². The van der Waals surface area contributed by atoms with Crippen molar-refractivity contribution in [1.29, 1.82) is 0 Å². The molecule has 0 bridgehead atoms. The summed E-state index contributed by atoms with van der Waals surface area (Å²) in [6.07, 6.45) is 2.35. The minimum Gasteiger partial charge on any atom is -0.481 e. The number of aliphatic carboxylic acids is 1. The van der Waals surface area contributed by atoms with E-state index in [0.717, 1.165) is 0 Å². The zero-order valence-corrected chi connectivity index (χ0v) is 15.2. The van der Waals surface area contributed by atoms with Gasteiger partial charge in [0.25, 0.3) is 0 Å². The Labute approximate surface area is 134 Å². The molecule has 0 aliphatic carbocycles. The van der Waals surface area contributed by atoms with Gasteiger partial charge in [-0.1, -0.05) is 74.6 Å². The molecular weight excluding hydrogens is 292 g/mol.